The van der Waals surface area contributed by atoms with Gasteiger partial charge in [-0.05, 0) is 45.6 Å². The first-order valence-corrected chi connectivity index (χ1v) is 8.82. The number of amides is 1. The van der Waals surface area contributed by atoms with Gasteiger partial charge in [0, 0.05) is 19.2 Å². The smallest absolute Gasteiger partial charge is 0.416 e. The largest absolute Gasteiger partial charge is 0.493 e. The first kappa shape index (κ1) is 21.8. The SMILES string of the molecule is CC(C)(C)OC(=O)N1CCC(COc2cc([N+](=O)[O-])cc(C(F)(F)F)c2)CC1. The number of alkyl halides is 3. The van der Waals surface area contributed by atoms with Gasteiger partial charge in [0.2, 0.25) is 0 Å². The lowest BCUT2D eigenvalue weighted by Crippen LogP contribution is -2.42. The molecule has 1 heterocycles. The van der Waals surface area contributed by atoms with Crippen molar-refractivity contribution in [3.8, 4) is 5.75 Å². The van der Waals surface area contributed by atoms with Gasteiger partial charge in [0.25, 0.3) is 5.69 Å². The van der Waals surface area contributed by atoms with E-state index in [4.69, 9.17) is 9.47 Å². The van der Waals surface area contributed by atoms with Crippen molar-refractivity contribution in [1.29, 1.82) is 0 Å². The van der Waals surface area contributed by atoms with Gasteiger partial charge in [-0.3, -0.25) is 10.1 Å². The van der Waals surface area contributed by atoms with E-state index in [9.17, 15) is 28.1 Å². The van der Waals surface area contributed by atoms with E-state index in [1.54, 1.807) is 25.7 Å². The average molecular weight is 404 g/mol. The van der Waals surface area contributed by atoms with Gasteiger partial charge in [-0.15, -0.1) is 0 Å². The Hall–Kier alpha value is -2.52. The highest BCUT2D eigenvalue weighted by atomic mass is 19.4. The van der Waals surface area contributed by atoms with Crippen LogP contribution >= 0.6 is 0 Å². The number of ether oxygens (including phenoxy) is 2. The maximum absolute atomic E-state index is 12.9. The minimum atomic E-state index is -4.71. The van der Waals surface area contributed by atoms with E-state index in [1.807, 2.05) is 0 Å². The summed E-state index contributed by atoms with van der Waals surface area (Å²) in [5.74, 6) is -0.177. The molecular formula is C18H23F3N2O5. The van der Waals surface area contributed by atoms with Crippen molar-refractivity contribution in [1.82, 2.24) is 4.90 Å². The second-order valence-electron chi connectivity index (χ2n) is 7.69. The van der Waals surface area contributed by atoms with Crippen LogP contribution in [0.4, 0.5) is 23.7 Å². The standard InChI is InChI=1S/C18H23F3N2O5/c1-17(2,3)28-16(24)22-6-4-12(5-7-22)11-27-15-9-13(18(19,20)21)8-14(10-15)23(25)26/h8-10,12H,4-7,11H2,1-3H3. The number of non-ortho nitro benzene ring substituents is 1. The lowest BCUT2D eigenvalue weighted by atomic mass is 9.98. The van der Waals surface area contributed by atoms with Crippen LogP contribution in [0.25, 0.3) is 0 Å². The molecular weight excluding hydrogens is 381 g/mol. The third-order valence-electron chi connectivity index (χ3n) is 4.18. The number of halogens is 3. The van der Waals surface area contributed by atoms with Crippen molar-refractivity contribution in [3.05, 3.63) is 33.9 Å². The summed E-state index contributed by atoms with van der Waals surface area (Å²) < 4.78 is 49.5. The molecule has 1 amide bonds. The zero-order valence-electron chi connectivity index (χ0n) is 15.9. The molecule has 1 aromatic rings. The molecule has 1 aromatic carbocycles. The maximum Gasteiger partial charge on any atom is 0.416 e. The van der Waals surface area contributed by atoms with Gasteiger partial charge in [-0.2, -0.15) is 13.2 Å². The second kappa shape index (κ2) is 8.24. The van der Waals surface area contributed by atoms with E-state index in [0.717, 1.165) is 12.1 Å². The number of hydrogen-bond donors (Lipinski definition) is 0. The predicted octanol–water partition coefficient (Wildman–Crippen LogP) is 4.64. The van der Waals surface area contributed by atoms with Crippen LogP contribution in [0.3, 0.4) is 0 Å². The molecule has 0 bridgehead atoms. The zero-order chi connectivity index (χ0) is 21.1. The molecule has 1 aliphatic rings. The Labute approximate surface area is 160 Å². The normalized spacial score (nSPS) is 16.0. The lowest BCUT2D eigenvalue weighted by molar-refractivity contribution is -0.385. The number of hydrogen-bond acceptors (Lipinski definition) is 5. The van der Waals surface area contributed by atoms with E-state index >= 15 is 0 Å². The molecule has 2 rings (SSSR count). The molecule has 10 heteroatoms. The Morgan fingerprint density at radius 2 is 1.82 bits per heavy atom. The third-order valence-corrected chi connectivity index (χ3v) is 4.18. The van der Waals surface area contributed by atoms with Crippen LogP contribution in [0.1, 0.15) is 39.2 Å². The van der Waals surface area contributed by atoms with Gasteiger partial charge in [-0.1, -0.05) is 0 Å². The quantitative estimate of drug-likeness (QED) is 0.539. The van der Waals surface area contributed by atoms with E-state index < -0.39 is 34.0 Å². The number of benzene rings is 1. The summed E-state index contributed by atoms with van der Waals surface area (Å²) in [6, 6.07) is 2.21. The number of nitro groups is 1. The van der Waals surface area contributed by atoms with Crippen LogP contribution in [0.5, 0.6) is 5.75 Å². The molecule has 0 radical (unpaired) electrons. The van der Waals surface area contributed by atoms with Crippen LogP contribution in [-0.2, 0) is 10.9 Å². The number of nitrogens with zero attached hydrogens (tertiary/aromatic N) is 2. The summed E-state index contributed by atoms with van der Waals surface area (Å²) in [6.45, 7) is 6.34. The molecule has 0 N–H and O–H groups in total. The topological polar surface area (TPSA) is 81.9 Å². The predicted molar refractivity (Wildman–Crippen MR) is 94.1 cm³/mol. The summed E-state index contributed by atoms with van der Waals surface area (Å²) in [5.41, 5.74) is -2.39. The molecule has 1 aliphatic heterocycles. The number of carbonyl (C=O) groups is 1. The number of nitro benzene ring substituents is 1. The zero-order valence-corrected chi connectivity index (χ0v) is 15.9. The molecule has 0 aromatic heterocycles. The molecule has 7 nitrogen and oxygen atoms in total. The summed E-state index contributed by atoms with van der Waals surface area (Å²) >= 11 is 0. The third kappa shape index (κ3) is 6.28. The fourth-order valence-electron chi connectivity index (χ4n) is 2.76. The van der Waals surface area contributed by atoms with Crippen LogP contribution in [-0.4, -0.2) is 41.2 Å². The highest BCUT2D eigenvalue weighted by Gasteiger charge is 2.33. The number of rotatable bonds is 4. The number of likely N-dealkylation sites (tertiary alicyclic amines) is 1. The Morgan fingerprint density at radius 3 is 2.32 bits per heavy atom. The molecule has 0 unspecified atom stereocenters. The van der Waals surface area contributed by atoms with Gasteiger partial charge in [-0.25, -0.2) is 4.79 Å². The number of piperidine rings is 1. The maximum atomic E-state index is 12.9. The van der Waals surface area contributed by atoms with Crippen LogP contribution in [0, 0.1) is 16.0 Å². The summed E-state index contributed by atoms with van der Waals surface area (Å²) in [7, 11) is 0. The highest BCUT2D eigenvalue weighted by molar-refractivity contribution is 5.68. The van der Waals surface area contributed by atoms with Gasteiger partial charge in [0.05, 0.1) is 23.2 Å². The van der Waals surface area contributed by atoms with Crippen LogP contribution in [0.2, 0.25) is 0 Å². The first-order valence-electron chi connectivity index (χ1n) is 8.82. The van der Waals surface area contributed by atoms with Gasteiger partial charge < -0.3 is 14.4 Å². The molecule has 0 spiro atoms. The molecule has 1 saturated heterocycles. The van der Waals surface area contributed by atoms with Crippen LogP contribution < -0.4 is 4.74 Å². The minimum Gasteiger partial charge on any atom is -0.493 e. The monoisotopic (exact) mass is 404 g/mol. The fourth-order valence-corrected chi connectivity index (χ4v) is 2.76. The van der Waals surface area contributed by atoms with Crippen molar-refractivity contribution >= 4 is 11.8 Å². The average Bonchev–Trinajstić information content (AvgIpc) is 2.58. The van der Waals surface area contributed by atoms with Gasteiger partial charge in [0.1, 0.15) is 11.4 Å². The minimum absolute atomic E-state index is 0.0206. The molecule has 0 aliphatic carbocycles. The van der Waals surface area contributed by atoms with Crippen molar-refractivity contribution in [2.24, 2.45) is 5.92 Å². The first-order chi connectivity index (χ1) is 12.8. The number of carbonyl (C=O) groups excluding carboxylic acids is 1. The lowest BCUT2D eigenvalue weighted by Gasteiger charge is -2.33. The fraction of sp³-hybridized carbons (Fsp3) is 0.611. The van der Waals surface area contributed by atoms with Crippen molar-refractivity contribution < 1.29 is 32.4 Å². The Kier molecular flexibility index (Phi) is 6.41. The van der Waals surface area contributed by atoms with Crippen molar-refractivity contribution in [3.63, 3.8) is 0 Å². The summed E-state index contributed by atoms with van der Waals surface area (Å²) in [4.78, 5) is 23.6. The van der Waals surface area contributed by atoms with Crippen LogP contribution in [0.15, 0.2) is 18.2 Å². The van der Waals surface area contributed by atoms with E-state index in [1.165, 1.54) is 0 Å². The molecule has 156 valence electrons. The molecule has 28 heavy (non-hydrogen) atoms. The Balaban J connectivity index is 1.94. The molecule has 0 atom stereocenters. The van der Waals surface area contributed by atoms with E-state index in [-0.39, 0.29) is 18.3 Å². The molecule has 0 saturated carbocycles. The highest BCUT2D eigenvalue weighted by Crippen LogP contribution is 2.35. The van der Waals surface area contributed by atoms with Crippen molar-refractivity contribution in [2.75, 3.05) is 19.7 Å². The van der Waals surface area contributed by atoms with Gasteiger partial charge in [0.15, 0.2) is 0 Å². The van der Waals surface area contributed by atoms with E-state index in [0.29, 0.717) is 32.0 Å². The van der Waals surface area contributed by atoms with E-state index in [2.05, 4.69) is 0 Å². The summed E-state index contributed by atoms with van der Waals surface area (Å²) in [5, 5.41) is 10.9. The van der Waals surface area contributed by atoms with Crippen molar-refractivity contribution in [2.45, 2.75) is 45.4 Å². The second-order valence-corrected chi connectivity index (χ2v) is 7.69. The Bertz CT molecular complexity index is 723. The van der Waals surface area contributed by atoms with Gasteiger partial charge >= 0.3 is 12.3 Å². The molecule has 1 fully saturated rings. The summed E-state index contributed by atoms with van der Waals surface area (Å²) in [6.07, 6.45) is -3.91. The Morgan fingerprint density at radius 1 is 1.21 bits per heavy atom.